The number of thiophene rings is 1. The average molecular weight is 408 g/mol. The van der Waals surface area contributed by atoms with Gasteiger partial charge in [0, 0.05) is 11.4 Å². The van der Waals surface area contributed by atoms with Crippen LogP contribution in [0.15, 0.2) is 5.16 Å². The largest absolute Gasteiger partial charge is 0.365 e. The molecule has 0 fully saturated rings. The fourth-order valence-corrected chi connectivity index (χ4v) is 5.58. The Morgan fingerprint density at radius 1 is 1.41 bits per heavy atom. The van der Waals surface area contributed by atoms with Crippen LogP contribution < -0.4 is 11.1 Å². The number of amides is 2. The van der Waals surface area contributed by atoms with Gasteiger partial charge in [0.25, 0.3) is 5.91 Å². The second-order valence-corrected chi connectivity index (χ2v) is 8.99. The summed E-state index contributed by atoms with van der Waals surface area (Å²) in [6.07, 6.45) is 3.79. The molecule has 1 aliphatic carbocycles. The van der Waals surface area contributed by atoms with Gasteiger partial charge in [-0.3, -0.25) is 9.59 Å². The van der Waals surface area contributed by atoms with Crippen molar-refractivity contribution in [2.24, 2.45) is 11.7 Å². The fraction of sp³-hybridized carbons (Fsp3) is 0.556. The molecule has 9 heteroatoms. The molecule has 0 aromatic carbocycles. The minimum Gasteiger partial charge on any atom is -0.365 e. The number of nitrogens with one attached hydrogen (secondary N) is 1. The van der Waals surface area contributed by atoms with Crippen LogP contribution in [0.25, 0.3) is 0 Å². The number of anilines is 1. The highest BCUT2D eigenvalue weighted by atomic mass is 32.2. The molecule has 2 heterocycles. The number of aryl methyl sites for hydroxylation is 1. The summed E-state index contributed by atoms with van der Waals surface area (Å²) in [4.78, 5) is 25.6. The Bertz CT molecular complexity index is 858. The maximum atomic E-state index is 12.5. The van der Waals surface area contributed by atoms with E-state index in [9.17, 15) is 9.59 Å². The second-order valence-electron chi connectivity index (χ2n) is 6.94. The second kappa shape index (κ2) is 8.43. The first-order valence-electron chi connectivity index (χ1n) is 9.17. The number of hydrogen-bond donors (Lipinski definition) is 2. The first-order chi connectivity index (χ1) is 12.9. The van der Waals surface area contributed by atoms with E-state index in [1.165, 1.54) is 28.0 Å². The Labute approximate surface area is 167 Å². The predicted octanol–water partition coefficient (Wildman–Crippen LogP) is 3.01. The SMILES string of the molecule is CCCn1c(C)nnc1SCC(=O)Nc1sc2c(c1C(N)=O)CCC(C)C2. The first kappa shape index (κ1) is 19.9. The molecule has 1 unspecified atom stereocenters. The quantitative estimate of drug-likeness (QED) is 0.687. The van der Waals surface area contributed by atoms with Crippen LogP contribution in [-0.4, -0.2) is 32.3 Å². The Morgan fingerprint density at radius 3 is 2.89 bits per heavy atom. The Balaban J connectivity index is 1.70. The monoisotopic (exact) mass is 407 g/mol. The number of fused-ring (bicyclic) bond motifs is 1. The van der Waals surface area contributed by atoms with Gasteiger partial charge in [0.1, 0.15) is 10.8 Å². The van der Waals surface area contributed by atoms with Crippen molar-refractivity contribution in [3.05, 3.63) is 21.8 Å². The first-order valence-corrected chi connectivity index (χ1v) is 11.0. The topological polar surface area (TPSA) is 103 Å². The summed E-state index contributed by atoms with van der Waals surface area (Å²) < 4.78 is 2.01. The van der Waals surface area contributed by atoms with E-state index < -0.39 is 5.91 Å². The van der Waals surface area contributed by atoms with Gasteiger partial charge in [0.05, 0.1) is 11.3 Å². The van der Waals surface area contributed by atoms with E-state index in [1.807, 2.05) is 11.5 Å². The van der Waals surface area contributed by atoms with Crippen molar-refractivity contribution in [2.45, 2.75) is 58.2 Å². The molecule has 0 spiro atoms. The molecular formula is C18H25N5O2S2. The molecule has 3 rings (SSSR count). The zero-order valence-electron chi connectivity index (χ0n) is 15.9. The molecule has 0 saturated heterocycles. The molecule has 2 aromatic rings. The third-order valence-electron chi connectivity index (χ3n) is 4.69. The van der Waals surface area contributed by atoms with Crippen LogP contribution >= 0.6 is 23.1 Å². The Morgan fingerprint density at radius 2 is 2.19 bits per heavy atom. The number of nitrogens with two attached hydrogens (primary N) is 1. The molecule has 27 heavy (non-hydrogen) atoms. The molecule has 0 saturated carbocycles. The predicted molar refractivity (Wildman–Crippen MR) is 108 cm³/mol. The van der Waals surface area contributed by atoms with Gasteiger partial charge in [0.2, 0.25) is 5.91 Å². The van der Waals surface area contributed by atoms with Crippen molar-refractivity contribution in [1.29, 1.82) is 0 Å². The molecule has 7 nitrogen and oxygen atoms in total. The van der Waals surface area contributed by atoms with Crippen LogP contribution in [0.2, 0.25) is 0 Å². The smallest absolute Gasteiger partial charge is 0.251 e. The minimum absolute atomic E-state index is 0.169. The van der Waals surface area contributed by atoms with E-state index in [0.717, 1.165) is 48.8 Å². The van der Waals surface area contributed by atoms with Crippen molar-refractivity contribution < 1.29 is 9.59 Å². The van der Waals surface area contributed by atoms with Crippen molar-refractivity contribution in [1.82, 2.24) is 14.8 Å². The van der Waals surface area contributed by atoms with E-state index in [2.05, 4.69) is 29.4 Å². The Kier molecular flexibility index (Phi) is 6.21. The van der Waals surface area contributed by atoms with Crippen LogP contribution in [-0.2, 0) is 24.2 Å². The summed E-state index contributed by atoms with van der Waals surface area (Å²) in [7, 11) is 0. The number of carbonyl (C=O) groups excluding carboxylic acids is 2. The van der Waals surface area contributed by atoms with Crippen LogP contribution in [0.3, 0.4) is 0 Å². The van der Waals surface area contributed by atoms with Crippen LogP contribution in [0.4, 0.5) is 5.00 Å². The van der Waals surface area contributed by atoms with Gasteiger partial charge in [-0.2, -0.15) is 0 Å². The summed E-state index contributed by atoms with van der Waals surface area (Å²) in [5.41, 5.74) is 7.12. The lowest BCUT2D eigenvalue weighted by atomic mass is 9.88. The lowest BCUT2D eigenvalue weighted by Gasteiger charge is -2.18. The van der Waals surface area contributed by atoms with Crippen LogP contribution in [0.1, 0.15) is 53.3 Å². The summed E-state index contributed by atoms with van der Waals surface area (Å²) in [6, 6.07) is 0. The van der Waals surface area contributed by atoms with Gasteiger partial charge >= 0.3 is 0 Å². The summed E-state index contributed by atoms with van der Waals surface area (Å²) in [6.45, 7) is 7.02. The fourth-order valence-electron chi connectivity index (χ4n) is 3.34. The van der Waals surface area contributed by atoms with Gasteiger partial charge < -0.3 is 15.6 Å². The normalized spacial score (nSPS) is 16.2. The zero-order valence-corrected chi connectivity index (χ0v) is 17.5. The van der Waals surface area contributed by atoms with Crippen LogP contribution in [0.5, 0.6) is 0 Å². The van der Waals surface area contributed by atoms with Gasteiger partial charge in [-0.05, 0) is 44.1 Å². The summed E-state index contributed by atoms with van der Waals surface area (Å²) in [5.74, 6) is 1.00. The number of primary amides is 1. The van der Waals surface area contributed by atoms with Gasteiger partial charge in [-0.25, -0.2) is 0 Å². The van der Waals surface area contributed by atoms with Crippen molar-refractivity contribution >= 4 is 39.9 Å². The van der Waals surface area contributed by atoms with E-state index in [0.29, 0.717) is 16.5 Å². The van der Waals surface area contributed by atoms with Gasteiger partial charge in [0.15, 0.2) is 5.16 Å². The minimum atomic E-state index is -0.469. The third kappa shape index (κ3) is 4.35. The molecule has 0 aliphatic heterocycles. The molecule has 1 atom stereocenters. The van der Waals surface area contributed by atoms with E-state index in [4.69, 9.17) is 5.73 Å². The van der Waals surface area contributed by atoms with E-state index >= 15 is 0 Å². The van der Waals surface area contributed by atoms with Crippen LogP contribution in [0, 0.1) is 12.8 Å². The third-order valence-corrected chi connectivity index (χ3v) is 6.83. The molecule has 3 N–H and O–H groups in total. The van der Waals surface area contributed by atoms with Crippen molar-refractivity contribution in [2.75, 3.05) is 11.1 Å². The molecule has 0 radical (unpaired) electrons. The lowest BCUT2D eigenvalue weighted by Crippen LogP contribution is -2.20. The Hall–Kier alpha value is -1.87. The zero-order chi connectivity index (χ0) is 19.6. The standard InChI is InChI=1S/C18H25N5O2S2/c1-4-7-23-11(3)21-22-18(23)26-9-14(24)20-17-15(16(19)25)12-6-5-10(2)8-13(12)27-17/h10H,4-9H2,1-3H3,(H2,19,25)(H,20,24). The highest BCUT2D eigenvalue weighted by Crippen LogP contribution is 2.39. The number of rotatable bonds is 7. The van der Waals surface area contributed by atoms with E-state index in [1.54, 1.807) is 0 Å². The molecule has 2 amide bonds. The molecule has 0 bridgehead atoms. The summed E-state index contributed by atoms with van der Waals surface area (Å²) in [5, 5.41) is 12.4. The average Bonchev–Trinajstić information content (AvgIpc) is 3.13. The maximum absolute atomic E-state index is 12.5. The maximum Gasteiger partial charge on any atom is 0.251 e. The number of hydrogen-bond acceptors (Lipinski definition) is 6. The summed E-state index contributed by atoms with van der Waals surface area (Å²) >= 11 is 2.83. The molecule has 2 aromatic heterocycles. The van der Waals surface area contributed by atoms with E-state index in [-0.39, 0.29) is 11.7 Å². The van der Waals surface area contributed by atoms with Gasteiger partial charge in [-0.15, -0.1) is 21.5 Å². The molecule has 146 valence electrons. The number of nitrogens with zero attached hydrogens (tertiary/aromatic N) is 3. The highest BCUT2D eigenvalue weighted by Gasteiger charge is 2.27. The van der Waals surface area contributed by atoms with Crippen molar-refractivity contribution in [3.63, 3.8) is 0 Å². The molecular weight excluding hydrogens is 382 g/mol. The van der Waals surface area contributed by atoms with Gasteiger partial charge in [-0.1, -0.05) is 25.6 Å². The lowest BCUT2D eigenvalue weighted by molar-refractivity contribution is -0.113. The number of aromatic nitrogens is 3. The number of carbonyl (C=O) groups is 2. The van der Waals surface area contributed by atoms with Crippen molar-refractivity contribution in [3.8, 4) is 0 Å². The molecule has 1 aliphatic rings. The number of thioether (sulfide) groups is 1. The highest BCUT2D eigenvalue weighted by molar-refractivity contribution is 7.99.